The van der Waals surface area contributed by atoms with Gasteiger partial charge in [-0.05, 0) is 24.3 Å². The average Bonchev–Trinajstić information content (AvgIpc) is 2.85. The second-order valence-corrected chi connectivity index (χ2v) is 4.53. The summed E-state index contributed by atoms with van der Waals surface area (Å²) in [5.74, 6) is 0.279. The highest BCUT2D eigenvalue weighted by Crippen LogP contribution is 2.34. The molecule has 4 heteroatoms. The Morgan fingerprint density at radius 1 is 0.944 bits per heavy atom. The van der Waals surface area contributed by atoms with Gasteiger partial charge >= 0.3 is 0 Å². The van der Waals surface area contributed by atoms with Crippen molar-refractivity contribution in [3.63, 3.8) is 0 Å². The first kappa shape index (κ1) is 12.5. The monoisotopic (exact) mass is 259 g/mol. The SMILES string of the molecule is CO.Oc1ccccc1-c1nc2ccccc2s1. The largest absolute Gasteiger partial charge is 0.507 e. The van der Waals surface area contributed by atoms with Crippen LogP contribution in [0.15, 0.2) is 48.5 Å². The van der Waals surface area contributed by atoms with Crippen LogP contribution in [0.5, 0.6) is 5.75 Å². The number of para-hydroxylation sites is 2. The van der Waals surface area contributed by atoms with Crippen LogP contribution in [0.25, 0.3) is 20.8 Å². The van der Waals surface area contributed by atoms with Crippen molar-refractivity contribution in [2.75, 3.05) is 7.11 Å². The Labute approximate surface area is 109 Å². The fourth-order valence-corrected chi connectivity index (χ4v) is 2.64. The Morgan fingerprint density at radius 3 is 2.33 bits per heavy atom. The lowest BCUT2D eigenvalue weighted by Crippen LogP contribution is -1.76. The van der Waals surface area contributed by atoms with Crippen molar-refractivity contribution < 1.29 is 10.2 Å². The molecule has 1 aromatic heterocycles. The Kier molecular flexibility index (Phi) is 3.92. The minimum atomic E-state index is 0.279. The van der Waals surface area contributed by atoms with E-state index in [1.54, 1.807) is 17.4 Å². The normalized spacial score (nSPS) is 9.89. The highest BCUT2D eigenvalue weighted by Gasteiger charge is 2.08. The van der Waals surface area contributed by atoms with E-state index >= 15 is 0 Å². The zero-order valence-corrected chi connectivity index (χ0v) is 10.7. The standard InChI is InChI=1S/C13H9NOS.CH4O/c15-11-7-3-1-5-9(11)13-14-10-6-2-4-8-12(10)16-13;1-2/h1-8,15H;2H,1H3. The fraction of sp³-hybridized carbons (Fsp3) is 0.0714. The quantitative estimate of drug-likeness (QED) is 0.705. The molecule has 0 unspecified atom stereocenters. The van der Waals surface area contributed by atoms with Gasteiger partial charge in [-0.15, -0.1) is 11.3 Å². The van der Waals surface area contributed by atoms with Gasteiger partial charge in [0.2, 0.25) is 0 Å². The molecule has 18 heavy (non-hydrogen) atoms. The van der Waals surface area contributed by atoms with Crippen LogP contribution in [0.2, 0.25) is 0 Å². The number of hydrogen-bond donors (Lipinski definition) is 2. The first-order chi connectivity index (χ1) is 8.84. The second kappa shape index (κ2) is 5.62. The van der Waals surface area contributed by atoms with Gasteiger partial charge in [0.1, 0.15) is 10.8 Å². The van der Waals surface area contributed by atoms with E-state index in [2.05, 4.69) is 4.98 Å². The minimum Gasteiger partial charge on any atom is -0.507 e. The number of phenols is 1. The molecule has 0 radical (unpaired) electrons. The first-order valence-corrected chi connectivity index (χ1v) is 6.25. The van der Waals surface area contributed by atoms with E-state index in [0.29, 0.717) is 0 Å². The molecule has 0 aliphatic heterocycles. The van der Waals surface area contributed by atoms with Crippen LogP contribution >= 0.6 is 11.3 Å². The molecule has 2 N–H and O–H groups in total. The molecule has 0 atom stereocenters. The van der Waals surface area contributed by atoms with E-state index in [-0.39, 0.29) is 5.75 Å². The van der Waals surface area contributed by atoms with E-state index in [9.17, 15) is 5.11 Å². The summed E-state index contributed by atoms with van der Waals surface area (Å²) in [5.41, 5.74) is 1.77. The molecule has 0 amide bonds. The zero-order chi connectivity index (χ0) is 13.0. The van der Waals surface area contributed by atoms with Crippen LogP contribution in [-0.4, -0.2) is 22.3 Å². The minimum absolute atomic E-state index is 0.279. The van der Waals surface area contributed by atoms with Gasteiger partial charge in [-0.25, -0.2) is 4.98 Å². The number of rotatable bonds is 1. The second-order valence-electron chi connectivity index (χ2n) is 3.50. The number of aliphatic hydroxyl groups excluding tert-OH is 1. The van der Waals surface area contributed by atoms with Gasteiger partial charge < -0.3 is 10.2 Å². The Balaban J connectivity index is 0.000000574. The van der Waals surface area contributed by atoms with Crippen LogP contribution in [0, 0.1) is 0 Å². The van der Waals surface area contributed by atoms with Gasteiger partial charge in [0.15, 0.2) is 0 Å². The van der Waals surface area contributed by atoms with Crippen LogP contribution in [-0.2, 0) is 0 Å². The summed E-state index contributed by atoms with van der Waals surface area (Å²) in [5, 5.41) is 17.6. The lowest BCUT2D eigenvalue weighted by Gasteiger charge is -1.98. The lowest BCUT2D eigenvalue weighted by molar-refractivity contribution is 0.399. The lowest BCUT2D eigenvalue weighted by atomic mass is 10.2. The highest BCUT2D eigenvalue weighted by molar-refractivity contribution is 7.21. The topological polar surface area (TPSA) is 53.4 Å². The summed E-state index contributed by atoms with van der Waals surface area (Å²) >= 11 is 1.59. The maximum Gasteiger partial charge on any atom is 0.128 e. The third-order valence-electron chi connectivity index (χ3n) is 2.43. The molecule has 0 aliphatic carbocycles. The summed E-state index contributed by atoms with van der Waals surface area (Å²) in [7, 11) is 1.00. The summed E-state index contributed by atoms with van der Waals surface area (Å²) in [4.78, 5) is 4.50. The van der Waals surface area contributed by atoms with Crippen molar-refractivity contribution in [2.24, 2.45) is 0 Å². The summed E-state index contributed by atoms with van der Waals surface area (Å²) in [6.45, 7) is 0. The maximum absolute atomic E-state index is 9.76. The van der Waals surface area contributed by atoms with Crippen molar-refractivity contribution in [1.29, 1.82) is 0 Å². The number of aromatic nitrogens is 1. The van der Waals surface area contributed by atoms with Crippen molar-refractivity contribution in [1.82, 2.24) is 4.98 Å². The molecule has 3 rings (SSSR count). The van der Waals surface area contributed by atoms with Crippen molar-refractivity contribution in [3.05, 3.63) is 48.5 Å². The van der Waals surface area contributed by atoms with Gasteiger partial charge in [0, 0.05) is 7.11 Å². The highest BCUT2D eigenvalue weighted by atomic mass is 32.1. The van der Waals surface area contributed by atoms with Crippen LogP contribution < -0.4 is 0 Å². The molecule has 0 fully saturated rings. The predicted octanol–water partition coefficient (Wildman–Crippen LogP) is 3.28. The summed E-state index contributed by atoms with van der Waals surface area (Å²) in [6.07, 6.45) is 0. The third kappa shape index (κ3) is 2.34. The molecular formula is C14H13NO2S. The zero-order valence-electron chi connectivity index (χ0n) is 9.87. The first-order valence-electron chi connectivity index (χ1n) is 5.43. The number of hydrogen-bond acceptors (Lipinski definition) is 4. The van der Waals surface area contributed by atoms with E-state index in [0.717, 1.165) is 27.9 Å². The summed E-state index contributed by atoms with van der Waals surface area (Å²) < 4.78 is 1.14. The number of aromatic hydroxyl groups is 1. The average molecular weight is 259 g/mol. The molecule has 0 aliphatic rings. The number of thiazole rings is 1. The number of aliphatic hydroxyl groups is 1. The molecule has 92 valence electrons. The molecule has 0 bridgehead atoms. The number of fused-ring (bicyclic) bond motifs is 1. The third-order valence-corrected chi connectivity index (χ3v) is 3.50. The Bertz CT molecular complexity index is 616. The van der Waals surface area contributed by atoms with Crippen LogP contribution in [0.3, 0.4) is 0 Å². The summed E-state index contributed by atoms with van der Waals surface area (Å²) in [6, 6.07) is 15.3. The molecule has 3 nitrogen and oxygen atoms in total. The Hall–Kier alpha value is -1.91. The molecule has 3 aromatic rings. The molecule has 1 heterocycles. The van der Waals surface area contributed by atoms with E-state index in [4.69, 9.17) is 5.11 Å². The van der Waals surface area contributed by atoms with Gasteiger partial charge in [-0.3, -0.25) is 0 Å². The van der Waals surface area contributed by atoms with Crippen molar-refractivity contribution >= 4 is 21.6 Å². The number of benzene rings is 2. The van der Waals surface area contributed by atoms with E-state index < -0.39 is 0 Å². The molecule has 0 spiro atoms. The number of nitrogens with zero attached hydrogens (tertiary/aromatic N) is 1. The van der Waals surface area contributed by atoms with Gasteiger partial charge in [0.25, 0.3) is 0 Å². The molecule has 0 saturated heterocycles. The van der Waals surface area contributed by atoms with Crippen molar-refractivity contribution in [3.8, 4) is 16.3 Å². The predicted molar refractivity (Wildman–Crippen MR) is 74.9 cm³/mol. The van der Waals surface area contributed by atoms with Crippen LogP contribution in [0.1, 0.15) is 0 Å². The number of phenolic OH excluding ortho intramolecular Hbond substituents is 1. The maximum atomic E-state index is 9.76. The van der Waals surface area contributed by atoms with Gasteiger partial charge in [-0.1, -0.05) is 24.3 Å². The van der Waals surface area contributed by atoms with Crippen molar-refractivity contribution in [2.45, 2.75) is 0 Å². The molecule has 2 aromatic carbocycles. The van der Waals surface area contributed by atoms with E-state index in [1.807, 2.05) is 42.5 Å². The van der Waals surface area contributed by atoms with E-state index in [1.165, 1.54) is 0 Å². The Morgan fingerprint density at radius 2 is 1.61 bits per heavy atom. The fourth-order valence-electron chi connectivity index (χ4n) is 1.64. The molecular weight excluding hydrogens is 246 g/mol. The van der Waals surface area contributed by atoms with Gasteiger partial charge in [0.05, 0.1) is 15.8 Å². The molecule has 0 saturated carbocycles. The smallest absolute Gasteiger partial charge is 0.128 e. The van der Waals surface area contributed by atoms with Gasteiger partial charge in [-0.2, -0.15) is 0 Å². The van der Waals surface area contributed by atoms with Crippen LogP contribution in [0.4, 0.5) is 0 Å².